The first-order valence-electron chi connectivity index (χ1n) is 10.1. The second-order valence-electron chi connectivity index (χ2n) is 8.27. The second-order valence-corrected chi connectivity index (χ2v) is 10.0. The molecule has 31 heavy (non-hydrogen) atoms. The Bertz CT molecular complexity index is 1070. The summed E-state index contributed by atoms with van der Waals surface area (Å²) in [6.07, 6.45) is 2.73. The molecular weight excluding hydrogens is 459 g/mol. The number of hydrazine groups is 1. The average Bonchev–Trinajstić information content (AvgIpc) is 3.53. The zero-order valence-corrected chi connectivity index (χ0v) is 18.6. The van der Waals surface area contributed by atoms with Crippen LogP contribution in [0.4, 0.5) is 0 Å². The van der Waals surface area contributed by atoms with Gasteiger partial charge in [-0.15, -0.1) is 11.3 Å². The number of benzene rings is 1. The average molecular weight is 477 g/mol. The third kappa shape index (κ3) is 3.30. The number of carbonyl (C=O) groups is 4. The number of thiophene rings is 1. The van der Waals surface area contributed by atoms with Gasteiger partial charge in [0.05, 0.1) is 26.8 Å². The lowest BCUT2D eigenvalue weighted by molar-refractivity contribution is -0.154. The Morgan fingerprint density at radius 1 is 1.03 bits per heavy atom. The summed E-state index contributed by atoms with van der Waals surface area (Å²) in [6, 6.07) is 7.70. The van der Waals surface area contributed by atoms with Gasteiger partial charge in [0.15, 0.2) is 5.78 Å². The number of rotatable bonds is 5. The Balaban J connectivity index is 1.51. The van der Waals surface area contributed by atoms with E-state index < -0.39 is 24.3 Å². The summed E-state index contributed by atoms with van der Waals surface area (Å²) in [5, 5.41) is 4.12. The molecule has 2 aromatic rings. The fraction of sp³-hybridized carbons (Fsp3) is 0.364. The van der Waals surface area contributed by atoms with Gasteiger partial charge in [0, 0.05) is 5.56 Å². The highest BCUT2D eigenvalue weighted by molar-refractivity contribution is 7.12. The van der Waals surface area contributed by atoms with Gasteiger partial charge < -0.3 is 0 Å². The van der Waals surface area contributed by atoms with Gasteiger partial charge in [-0.05, 0) is 60.7 Å². The molecule has 0 radical (unpaired) electrons. The summed E-state index contributed by atoms with van der Waals surface area (Å²) in [7, 11) is 0. The molecule has 5 rings (SSSR count). The van der Waals surface area contributed by atoms with Crippen molar-refractivity contribution in [2.24, 2.45) is 23.7 Å². The van der Waals surface area contributed by atoms with Crippen molar-refractivity contribution < 1.29 is 19.2 Å². The van der Waals surface area contributed by atoms with Gasteiger partial charge in [0.2, 0.25) is 0 Å². The minimum atomic E-state index is -0.641. The maximum Gasteiger partial charge on any atom is 0.273 e. The Morgan fingerprint density at radius 3 is 2.29 bits per heavy atom. The van der Waals surface area contributed by atoms with Crippen LogP contribution in [0.5, 0.6) is 0 Å². The minimum Gasteiger partial charge on any atom is -0.291 e. The molecule has 160 valence electrons. The zero-order chi connectivity index (χ0) is 21.9. The molecule has 1 saturated heterocycles. The molecule has 1 aromatic heterocycles. The Labute approximate surface area is 192 Å². The van der Waals surface area contributed by atoms with Crippen LogP contribution in [0.15, 0.2) is 35.7 Å². The predicted molar refractivity (Wildman–Crippen MR) is 116 cm³/mol. The fourth-order valence-electron chi connectivity index (χ4n) is 5.29. The summed E-state index contributed by atoms with van der Waals surface area (Å²) < 4.78 is 0. The van der Waals surface area contributed by atoms with Crippen molar-refractivity contribution in [3.63, 3.8) is 0 Å². The molecule has 2 aliphatic carbocycles. The van der Waals surface area contributed by atoms with Crippen LogP contribution in [0.1, 0.15) is 39.3 Å². The highest BCUT2D eigenvalue weighted by Crippen LogP contribution is 2.56. The van der Waals surface area contributed by atoms with Crippen molar-refractivity contribution in [3.05, 3.63) is 56.2 Å². The first-order chi connectivity index (χ1) is 14.9. The smallest absolute Gasteiger partial charge is 0.273 e. The largest absolute Gasteiger partial charge is 0.291 e. The second kappa shape index (κ2) is 7.73. The van der Waals surface area contributed by atoms with Crippen LogP contribution in [-0.2, 0) is 9.59 Å². The number of hydrogen-bond donors (Lipinski definition) is 0. The van der Waals surface area contributed by atoms with Crippen LogP contribution in [0.3, 0.4) is 0 Å². The van der Waals surface area contributed by atoms with Gasteiger partial charge >= 0.3 is 0 Å². The van der Waals surface area contributed by atoms with E-state index in [0.717, 1.165) is 29.3 Å². The van der Waals surface area contributed by atoms with E-state index in [1.807, 2.05) is 0 Å². The Hall–Kier alpha value is -2.22. The first-order valence-corrected chi connectivity index (χ1v) is 11.7. The normalized spacial score (nSPS) is 26.5. The van der Waals surface area contributed by atoms with Gasteiger partial charge in [0.25, 0.3) is 17.7 Å². The number of hydrogen-bond acceptors (Lipinski definition) is 5. The van der Waals surface area contributed by atoms with Gasteiger partial charge in [0.1, 0.15) is 6.54 Å². The molecule has 0 unspecified atom stereocenters. The van der Waals surface area contributed by atoms with Crippen LogP contribution in [-0.4, -0.2) is 40.1 Å². The lowest BCUT2D eigenvalue weighted by Crippen LogP contribution is -2.52. The van der Waals surface area contributed by atoms with Gasteiger partial charge in [-0.2, -0.15) is 5.01 Å². The van der Waals surface area contributed by atoms with E-state index in [1.165, 1.54) is 29.5 Å². The van der Waals surface area contributed by atoms with Gasteiger partial charge in [-0.1, -0.05) is 29.3 Å². The summed E-state index contributed by atoms with van der Waals surface area (Å²) in [6.45, 7) is -0.411. The van der Waals surface area contributed by atoms with Crippen LogP contribution in [0.2, 0.25) is 10.0 Å². The van der Waals surface area contributed by atoms with Crippen molar-refractivity contribution in [2.75, 3.05) is 6.54 Å². The summed E-state index contributed by atoms with van der Waals surface area (Å²) in [5.41, 5.74) is 0.147. The van der Waals surface area contributed by atoms with Crippen molar-refractivity contribution in [1.82, 2.24) is 10.0 Å². The van der Waals surface area contributed by atoms with E-state index in [-0.39, 0.29) is 45.0 Å². The number of halogens is 2. The summed E-state index contributed by atoms with van der Waals surface area (Å²) in [4.78, 5) is 53.3. The number of fused-ring (bicyclic) bond motifs is 5. The van der Waals surface area contributed by atoms with Crippen LogP contribution >= 0.6 is 34.5 Å². The number of Topliss-reactive ketones (excluding diaryl/α,β-unsaturated/α-hetero) is 1. The first kappa shape index (κ1) is 20.7. The molecule has 0 N–H and O–H groups in total. The standard InChI is InChI=1S/C22H18Cl2N2O4S/c23-14-6-5-13(9-15(14)24)20(28)25(10-16(27)17-2-1-7-31-17)26-21(29)18-11-3-4-12(8-11)19(18)22(26)30/h1-2,5-7,9,11-12,18-19H,3-4,8,10H2/t11-,12-,18-,19-/m0/s1. The summed E-state index contributed by atoms with van der Waals surface area (Å²) >= 11 is 13.3. The van der Waals surface area contributed by atoms with Crippen LogP contribution < -0.4 is 0 Å². The van der Waals surface area contributed by atoms with Crippen molar-refractivity contribution in [2.45, 2.75) is 19.3 Å². The molecule has 2 saturated carbocycles. The SMILES string of the molecule is O=C(CN(C(=O)c1ccc(Cl)c(Cl)c1)N1C(=O)[C@H]2[C@H]3CC[C@@H](C3)[C@@H]2C1=O)c1cccs1. The quantitative estimate of drug-likeness (QED) is 0.475. The molecule has 1 aromatic carbocycles. The number of imide groups is 1. The minimum absolute atomic E-state index is 0.147. The Morgan fingerprint density at radius 2 is 1.71 bits per heavy atom. The van der Waals surface area contributed by atoms with Crippen LogP contribution in [0.25, 0.3) is 0 Å². The third-order valence-electron chi connectivity index (χ3n) is 6.64. The van der Waals surface area contributed by atoms with E-state index in [4.69, 9.17) is 23.2 Å². The highest BCUT2D eigenvalue weighted by Gasteiger charge is 2.62. The molecule has 3 aliphatic rings. The number of amides is 3. The number of nitrogens with zero attached hydrogens (tertiary/aromatic N) is 2. The van der Waals surface area contributed by atoms with E-state index in [0.29, 0.717) is 4.88 Å². The van der Waals surface area contributed by atoms with E-state index >= 15 is 0 Å². The molecule has 3 amide bonds. The maximum absolute atomic E-state index is 13.4. The number of carbonyl (C=O) groups excluding carboxylic acids is 4. The van der Waals surface area contributed by atoms with Crippen molar-refractivity contribution in [1.29, 1.82) is 0 Å². The Kier molecular flexibility index (Phi) is 5.15. The molecule has 3 fully saturated rings. The predicted octanol–water partition coefficient (Wildman–Crippen LogP) is 4.33. The molecule has 1 aliphatic heterocycles. The topological polar surface area (TPSA) is 74.8 Å². The maximum atomic E-state index is 13.4. The van der Waals surface area contributed by atoms with Gasteiger partial charge in [-0.3, -0.25) is 19.2 Å². The zero-order valence-electron chi connectivity index (χ0n) is 16.3. The molecule has 9 heteroatoms. The molecule has 4 atom stereocenters. The van der Waals surface area contributed by atoms with Gasteiger partial charge in [-0.25, -0.2) is 5.01 Å². The molecule has 6 nitrogen and oxygen atoms in total. The number of ketones is 1. The van der Waals surface area contributed by atoms with E-state index in [9.17, 15) is 19.2 Å². The third-order valence-corrected chi connectivity index (χ3v) is 8.29. The van der Waals surface area contributed by atoms with E-state index in [1.54, 1.807) is 17.5 Å². The fourth-order valence-corrected chi connectivity index (χ4v) is 6.25. The lowest BCUT2D eigenvalue weighted by Gasteiger charge is -2.30. The van der Waals surface area contributed by atoms with Crippen molar-refractivity contribution >= 4 is 58.0 Å². The molecule has 2 bridgehead atoms. The monoisotopic (exact) mass is 476 g/mol. The molecular formula is C22H18Cl2N2O4S. The van der Waals surface area contributed by atoms with Crippen LogP contribution in [0, 0.1) is 23.7 Å². The molecule has 2 heterocycles. The van der Waals surface area contributed by atoms with E-state index in [2.05, 4.69) is 0 Å². The summed E-state index contributed by atoms with van der Waals surface area (Å²) in [5.74, 6) is -2.19. The highest BCUT2D eigenvalue weighted by atomic mass is 35.5. The lowest BCUT2D eigenvalue weighted by atomic mass is 9.81. The van der Waals surface area contributed by atoms with Crippen molar-refractivity contribution in [3.8, 4) is 0 Å². The molecule has 0 spiro atoms.